The minimum Gasteiger partial charge on any atom is -0.361 e. The van der Waals surface area contributed by atoms with Gasteiger partial charge in [0.15, 0.2) is 0 Å². The van der Waals surface area contributed by atoms with Gasteiger partial charge in [-0.3, -0.25) is 9.59 Å². The smallest absolute Gasteiger partial charge is 0.223 e. The van der Waals surface area contributed by atoms with Gasteiger partial charge in [-0.1, -0.05) is 37.5 Å². The molecule has 2 amide bonds. The summed E-state index contributed by atoms with van der Waals surface area (Å²) in [6.45, 7) is 3.35. The lowest BCUT2D eigenvalue weighted by Crippen LogP contribution is -2.40. The summed E-state index contributed by atoms with van der Waals surface area (Å²) < 4.78 is 0. The molecule has 1 aromatic carbocycles. The van der Waals surface area contributed by atoms with Crippen LogP contribution in [0.25, 0.3) is 10.9 Å². The van der Waals surface area contributed by atoms with Crippen molar-refractivity contribution in [3.8, 4) is 0 Å². The first-order valence-corrected chi connectivity index (χ1v) is 9.73. The topological polar surface area (TPSA) is 65.2 Å². The molecule has 0 saturated heterocycles. The number of aromatic amines is 1. The molecule has 1 aliphatic rings. The second-order valence-electron chi connectivity index (χ2n) is 7.24. The van der Waals surface area contributed by atoms with Crippen LogP contribution in [0.3, 0.4) is 0 Å². The first-order chi connectivity index (χ1) is 12.6. The highest BCUT2D eigenvalue weighted by Gasteiger charge is 2.20. The standard InChI is InChI=1S/C21H29N3O2/c1-16(25)24(14-12-22-21(26)17-7-3-2-4-8-17)13-11-18-15-23-20-10-6-5-9-19(18)20/h5-6,9-10,15,17,23H,2-4,7-8,11-14H2,1H3,(H,22,26). The Morgan fingerprint density at radius 1 is 1.15 bits per heavy atom. The Hall–Kier alpha value is -2.30. The summed E-state index contributed by atoms with van der Waals surface area (Å²) in [5.74, 6) is 0.377. The third-order valence-electron chi connectivity index (χ3n) is 5.43. The molecule has 1 heterocycles. The van der Waals surface area contributed by atoms with Crippen molar-refractivity contribution in [3.05, 3.63) is 36.0 Å². The zero-order chi connectivity index (χ0) is 18.4. The van der Waals surface area contributed by atoms with Crippen molar-refractivity contribution in [3.63, 3.8) is 0 Å². The normalized spacial score (nSPS) is 15.1. The number of carbonyl (C=O) groups excluding carboxylic acids is 2. The lowest BCUT2D eigenvalue weighted by molar-refractivity contribution is -0.130. The van der Waals surface area contributed by atoms with E-state index in [4.69, 9.17) is 0 Å². The number of carbonyl (C=O) groups is 2. The van der Waals surface area contributed by atoms with Crippen LogP contribution in [0.4, 0.5) is 0 Å². The molecule has 26 heavy (non-hydrogen) atoms. The number of hydrogen-bond acceptors (Lipinski definition) is 2. The van der Waals surface area contributed by atoms with Gasteiger partial charge in [0.05, 0.1) is 0 Å². The van der Waals surface area contributed by atoms with Gasteiger partial charge in [0, 0.05) is 49.6 Å². The fraction of sp³-hybridized carbons (Fsp3) is 0.524. The van der Waals surface area contributed by atoms with Crippen molar-refractivity contribution in [2.75, 3.05) is 19.6 Å². The molecule has 1 fully saturated rings. The summed E-state index contributed by atoms with van der Waals surface area (Å²) in [5, 5.41) is 4.23. The fourth-order valence-electron chi connectivity index (χ4n) is 3.84. The van der Waals surface area contributed by atoms with Gasteiger partial charge in [0.1, 0.15) is 0 Å². The number of para-hydroxylation sites is 1. The Labute approximate surface area is 155 Å². The van der Waals surface area contributed by atoms with Gasteiger partial charge in [0.25, 0.3) is 0 Å². The highest BCUT2D eigenvalue weighted by Crippen LogP contribution is 2.23. The van der Waals surface area contributed by atoms with E-state index in [9.17, 15) is 9.59 Å². The molecular formula is C21H29N3O2. The zero-order valence-corrected chi connectivity index (χ0v) is 15.6. The van der Waals surface area contributed by atoms with Crippen molar-refractivity contribution < 1.29 is 9.59 Å². The minimum absolute atomic E-state index is 0.0526. The van der Waals surface area contributed by atoms with Crippen LogP contribution in [-0.2, 0) is 16.0 Å². The van der Waals surface area contributed by atoms with Crippen LogP contribution in [0.5, 0.6) is 0 Å². The van der Waals surface area contributed by atoms with Gasteiger partial charge >= 0.3 is 0 Å². The van der Waals surface area contributed by atoms with E-state index in [0.717, 1.165) is 37.6 Å². The minimum atomic E-state index is 0.0526. The summed E-state index contributed by atoms with van der Waals surface area (Å²) in [6.07, 6.45) is 8.39. The number of nitrogens with zero attached hydrogens (tertiary/aromatic N) is 1. The Bertz CT molecular complexity index is 747. The molecule has 0 spiro atoms. The number of rotatable bonds is 7. The molecule has 3 rings (SSSR count). The first kappa shape index (κ1) is 18.5. The molecule has 2 N–H and O–H groups in total. The van der Waals surface area contributed by atoms with Gasteiger partial charge in [-0.2, -0.15) is 0 Å². The average Bonchev–Trinajstić information content (AvgIpc) is 3.08. The van der Waals surface area contributed by atoms with Crippen molar-refractivity contribution in [2.24, 2.45) is 5.92 Å². The number of hydrogen-bond donors (Lipinski definition) is 2. The van der Waals surface area contributed by atoms with Gasteiger partial charge in [-0.15, -0.1) is 0 Å². The summed E-state index contributed by atoms with van der Waals surface area (Å²) in [6, 6.07) is 8.20. The van der Waals surface area contributed by atoms with Crippen LogP contribution in [-0.4, -0.2) is 41.3 Å². The Balaban J connectivity index is 1.48. The van der Waals surface area contributed by atoms with Crippen molar-refractivity contribution >= 4 is 22.7 Å². The largest absolute Gasteiger partial charge is 0.361 e. The SMILES string of the molecule is CC(=O)N(CCNC(=O)C1CCCCC1)CCc1c[nH]c2ccccc12. The Morgan fingerprint density at radius 3 is 2.69 bits per heavy atom. The number of benzene rings is 1. The van der Waals surface area contributed by atoms with Crippen LogP contribution >= 0.6 is 0 Å². The van der Waals surface area contributed by atoms with E-state index in [1.165, 1.54) is 17.4 Å². The molecule has 0 unspecified atom stereocenters. The Morgan fingerprint density at radius 2 is 1.92 bits per heavy atom. The highest BCUT2D eigenvalue weighted by atomic mass is 16.2. The van der Waals surface area contributed by atoms with Crippen molar-refractivity contribution in [1.82, 2.24) is 15.2 Å². The van der Waals surface area contributed by atoms with E-state index in [1.54, 1.807) is 6.92 Å². The lowest BCUT2D eigenvalue weighted by atomic mass is 9.89. The molecule has 5 nitrogen and oxygen atoms in total. The second kappa shape index (κ2) is 8.88. The summed E-state index contributed by atoms with van der Waals surface area (Å²) >= 11 is 0. The van der Waals surface area contributed by atoms with E-state index in [0.29, 0.717) is 19.6 Å². The maximum atomic E-state index is 12.2. The summed E-state index contributed by atoms with van der Waals surface area (Å²) in [4.78, 5) is 29.3. The van der Waals surface area contributed by atoms with Crippen LogP contribution < -0.4 is 5.32 Å². The molecule has 5 heteroatoms. The number of fused-ring (bicyclic) bond motifs is 1. The molecule has 0 bridgehead atoms. The van der Waals surface area contributed by atoms with Crippen LogP contribution in [0, 0.1) is 5.92 Å². The zero-order valence-electron chi connectivity index (χ0n) is 15.6. The van der Waals surface area contributed by atoms with Crippen molar-refractivity contribution in [1.29, 1.82) is 0 Å². The maximum Gasteiger partial charge on any atom is 0.223 e. The van der Waals surface area contributed by atoms with Gasteiger partial charge in [-0.25, -0.2) is 0 Å². The Kier molecular flexibility index (Phi) is 6.31. The monoisotopic (exact) mass is 355 g/mol. The predicted molar refractivity (Wildman–Crippen MR) is 104 cm³/mol. The lowest BCUT2D eigenvalue weighted by Gasteiger charge is -2.23. The van der Waals surface area contributed by atoms with Gasteiger partial charge in [0.2, 0.25) is 11.8 Å². The van der Waals surface area contributed by atoms with E-state index in [1.807, 2.05) is 23.2 Å². The quantitative estimate of drug-likeness (QED) is 0.801. The maximum absolute atomic E-state index is 12.2. The summed E-state index contributed by atoms with van der Waals surface area (Å²) in [7, 11) is 0. The number of H-pyrrole nitrogens is 1. The van der Waals surface area contributed by atoms with Crippen LogP contribution in [0.2, 0.25) is 0 Å². The van der Waals surface area contributed by atoms with E-state index in [-0.39, 0.29) is 17.7 Å². The second-order valence-corrected chi connectivity index (χ2v) is 7.24. The van der Waals surface area contributed by atoms with Gasteiger partial charge < -0.3 is 15.2 Å². The summed E-state index contributed by atoms with van der Waals surface area (Å²) in [5.41, 5.74) is 2.34. The molecular weight excluding hydrogens is 326 g/mol. The molecule has 1 saturated carbocycles. The van der Waals surface area contributed by atoms with Crippen molar-refractivity contribution in [2.45, 2.75) is 45.4 Å². The number of aromatic nitrogens is 1. The first-order valence-electron chi connectivity index (χ1n) is 9.73. The molecule has 0 radical (unpaired) electrons. The molecule has 1 aromatic heterocycles. The number of amides is 2. The van der Waals surface area contributed by atoms with Gasteiger partial charge in [-0.05, 0) is 30.9 Å². The van der Waals surface area contributed by atoms with E-state index >= 15 is 0 Å². The fourth-order valence-corrected chi connectivity index (χ4v) is 3.84. The molecule has 140 valence electrons. The predicted octanol–water partition coefficient (Wildman–Crippen LogP) is 3.26. The van der Waals surface area contributed by atoms with E-state index < -0.39 is 0 Å². The van der Waals surface area contributed by atoms with Crippen LogP contribution in [0.15, 0.2) is 30.5 Å². The molecule has 2 aromatic rings. The highest BCUT2D eigenvalue weighted by molar-refractivity contribution is 5.83. The average molecular weight is 355 g/mol. The van der Waals surface area contributed by atoms with E-state index in [2.05, 4.69) is 22.4 Å². The molecule has 0 aliphatic heterocycles. The third kappa shape index (κ3) is 4.65. The molecule has 0 atom stereocenters. The van der Waals surface area contributed by atoms with Crippen LogP contribution in [0.1, 0.15) is 44.6 Å². The number of nitrogens with one attached hydrogen (secondary N) is 2. The third-order valence-corrected chi connectivity index (χ3v) is 5.43. The molecule has 1 aliphatic carbocycles.